The summed E-state index contributed by atoms with van der Waals surface area (Å²) in [7, 11) is 1.85. The van der Waals surface area contributed by atoms with E-state index in [0.29, 0.717) is 0 Å². The van der Waals surface area contributed by atoms with Crippen molar-refractivity contribution in [1.82, 2.24) is 0 Å². The van der Waals surface area contributed by atoms with E-state index in [4.69, 9.17) is 4.74 Å². The fourth-order valence-corrected chi connectivity index (χ4v) is 2.19. The average Bonchev–Trinajstić information content (AvgIpc) is 2.10. The van der Waals surface area contributed by atoms with Gasteiger partial charge in [0.1, 0.15) is 0 Å². The van der Waals surface area contributed by atoms with Gasteiger partial charge in [-0.15, -0.1) is 0 Å². The molecule has 0 aromatic heterocycles. The van der Waals surface area contributed by atoms with Crippen LogP contribution < -0.4 is 0 Å². The lowest BCUT2D eigenvalue weighted by Crippen LogP contribution is -2.32. The lowest BCUT2D eigenvalue weighted by molar-refractivity contribution is -0.0345. The standard InChI is InChI=1S/C11H22O/c1-4-5-10-6-8-11(2,12-3)9-7-10/h10H,4-9H2,1-3H3. The molecule has 0 atom stereocenters. The van der Waals surface area contributed by atoms with Crippen LogP contribution in [0.25, 0.3) is 0 Å². The summed E-state index contributed by atoms with van der Waals surface area (Å²) < 4.78 is 5.51. The molecule has 0 N–H and O–H groups in total. The van der Waals surface area contributed by atoms with E-state index in [1.807, 2.05) is 7.11 Å². The highest BCUT2D eigenvalue weighted by Crippen LogP contribution is 2.35. The van der Waals surface area contributed by atoms with Crippen LogP contribution in [0.15, 0.2) is 0 Å². The van der Waals surface area contributed by atoms with Crippen molar-refractivity contribution in [2.24, 2.45) is 5.92 Å². The SMILES string of the molecule is CCCC1CCC(C)(OC)CC1. The molecule has 0 aromatic rings. The van der Waals surface area contributed by atoms with Crippen molar-refractivity contribution < 1.29 is 4.74 Å². The van der Waals surface area contributed by atoms with Gasteiger partial charge in [-0.25, -0.2) is 0 Å². The van der Waals surface area contributed by atoms with Crippen molar-refractivity contribution in [3.05, 3.63) is 0 Å². The first-order chi connectivity index (χ1) is 5.70. The van der Waals surface area contributed by atoms with Crippen LogP contribution >= 0.6 is 0 Å². The molecular weight excluding hydrogens is 148 g/mol. The Morgan fingerprint density at radius 3 is 2.33 bits per heavy atom. The minimum Gasteiger partial charge on any atom is -0.379 e. The van der Waals surface area contributed by atoms with Crippen LogP contribution in [0.4, 0.5) is 0 Å². The van der Waals surface area contributed by atoms with E-state index in [1.165, 1.54) is 38.5 Å². The summed E-state index contributed by atoms with van der Waals surface area (Å²) in [5, 5.41) is 0. The molecule has 0 spiro atoms. The van der Waals surface area contributed by atoms with Crippen molar-refractivity contribution in [3.63, 3.8) is 0 Å². The van der Waals surface area contributed by atoms with Crippen molar-refractivity contribution in [1.29, 1.82) is 0 Å². The fourth-order valence-electron chi connectivity index (χ4n) is 2.19. The Bertz CT molecular complexity index is 123. The van der Waals surface area contributed by atoms with Crippen LogP contribution in [0.2, 0.25) is 0 Å². The molecule has 72 valence electrons. The van der Waals surface area contributed by atoms with Crippen molar-refractivity contribution in [2.75, 3.05) is 7.11 Å². The molecule has 0 saturated heterocycles. The molecule has 0 aliphatic heterocycles. The van der Waals surface area contributed by atoms with Gasteiger partial charge in [0.05, 0.1) is 5.60 Å². The average molecular weight is 170 g/mol. The summed E-state index contributed by atoms with van der Waals surface area (Å²) >= 11 is 0. The van der Waals surface area contributed by atoms with Crippen LogP contribution in [0.1, 0.15) is 52.4 Å². The van der Waals surface area contributed by atoms with Gasteiger partial charge < -0.3 is 4.74 Å². The van der Waals surface area contributed by atoms with E-state index in [9.17, 15) is 0 Å². The molecule has 0 unspecified atom stereocenters. The van der Waals surface area contributed by atoms with Crippen LogP contribution in [0.3, 0.4) is 0 Å². The Morgan fingerprint density at radius 2 is 1.92 bits per heavy atom. The maximum absolute atomic E-state index is 5.51. The summed E-state index contributed by atoms with van der Waals surface area (Å²) in [5.41, 5.74) is 0.199. The molecule has 1 aliphatic carbocycles. The number of methoxy groups -OCH3 is 1. The van der Waals surface area contributed by atoms with E-state index in [-0.39, 0.29) is 5.60 Å². The van der Waals surface area contributed by atoms with E-state index in [1.54, 1.807) is 0 Å². The van der Waals surface area contributed by atoms with Crippen LogP contribution in [0, 0.1) is 5.92 Å². The summed E-state index contributed by atoms with van der Waals surface area (Å²) in [4.78, 5) is 0. The Kier molecular flexibility index (Phi) is 3.57. The molecule has 0 heterocycles. The van der Waals surface area contributed by atoms with E-state index in [0.717, 1.165) is 5.92 Å². The summed E-state index contributed by atoms with van der Waals surface area (Å²) in [5.74, 6) is 0.984. The quantitative estimate of drug-likeness (QED) is 0.631. The zero-order valence-electron chi connectivity index (χ0n) is 8.73. The predicted molar refractivity (Wildman–Crippen MR) is 52.3 cm³/mol. The molecular formula is C11H22O. The number of hydrogen-bond donors (Lipinski definition) is 0. The van der Waals surface area contributed by atoms with Gasteiger partial charge in [0.2, 0.25) is 0 Å². The summed E-state index contributed by atoms with van der Waals surface area (Å²) in [6, 6.07) is 0. The van der Waals surface area contributed by atoms with Crippen LogP contribution in [-0.4, -0.2) is 12.7 Å². The molecule has 0 radical (unpaired) electrons. The molecule has 1 aliphatic rings. The Hall–Kier alpha value is -0.0400. The Morgan fingerprint density at radius 1 is 1.33 bits per heavy atom. The molecule has 1 nitrogen and oxygen atoms in total. The maximum Gasteiger partial charge on any atom is 0.0651 e. The maximum atomic E-state index is 5.51. The van der Waals surface area contributed by atoms with Crippen molar-refractivity contribution in [2.45, 2.75) is 58.0 Å². The molecule has 1 heteroatoms. The van der Waals surface area contributed by atoms with Gasteiger partial charge in [0.15, 0.2) is 0 Å². The van der Waals surface area contributed by atoms with E-state index >= 15 is 0 Å². The van der Waals surface area contributed by atoms with Gasteiger partial charge in [-0.05, 0) is 38.5 Å². The Labute approximate surface area is 76.5 Å². The first kappa shape index (κ1) is 10.0. The zero-order valence-corrected chi connectivity index (χ0v) is 8.73. The molecule has 0 amide bonds. The molecule has 0 aromatic carbocycles. The second kappa shape index (κ2) is 4.27. The minimum absolute atomic E-state index is 0.199. The van der Waals surface area contributed by atoms with Crippen LogP contribution in [-0.2, 0) is 4.74 Å². The number of rotatable bonds is 3. The van der Waals surface area contributed by atoms with Crippen molar-refractivity contribution >= 4 is 0 Å². The second-order valence-electron chi connectivity index (χ2n) is 4.39. The molecule has 1 saturated carbocycles. The first-order valence-electron chi connectivity index (χ1n) is 5.25. The highest BCUT2D eigenvalue weighted by molar-refractivity contribution is 4.82. The van der Waals surface area contributed by atoms with E-state index in [2.05, 4.69) is 13.8 Å². The first-order valence-corrected chi connectivity index (χ1v) is 5.25. The van der Waals surface area contributed by atoms with Crippen LogP contribution in [0.5, 0.6) is 0 Å². The molecule has 1 fully saturated rings. The lowest BCUT2D eigenvalue weighted by Gasteiger charge is -2.36. The summed E-state index contributed by atoms with van der Waals surface area (Å²) in [6.07, 6.45) is 8.02. The minimum atomic E-state index is 0.199. The highest BCUT2D eigenvalue weighted by Gasteiger charge is 2.29. The van der Waals surface area contributed by atoms with Gasteiger partial charge in [-0.3, -0.25) is 0 Å². The van der Waals surface area contributed by atoms with Crippen molar-refractivity contribution in [3.8, 4) is 0 Å². The second-order valence-corrected chi connectivity index (χ2v) is 4.39. The smallest absolute Gasteiger partial charge is 0.0651 e. The highest BCUT2D eigenvalue weighted by atomic mass is 16.5. The third-order valence-corrected chi connectivity index (χ3v) is 3.35. The number of ether oxygens (including phenoxy) is 1. The molecule has 12 heavy (non-hydrogen) atoms. The Balaban J connectivity index is 2.29. The third kappa shape index (κ3) is 2.48. The fraction of sp³-hybridized carbons (Fsp3) is 1.00. The normalized spacial score (nSPS) is 36.8. The van der Waals surface area contributed by atoms with Gasteiger partial charge >= 0.3 is 0 Å². The topological polar surface area (TPSA) is 9.23 Å². The van der Waals surface area contributed by atoms with Gasteiger partial charge in [-0.1, -0.05) is 19.8 Å². The van der Waals surface area contributed by atoms with Gasteiger partial charge in [-0.2, -0.15) is 0 Å². The molecule has 1 rings (SSSR count). The van der Waals surface area contributed by atoms with E-state index < -0.39 is 0 Å². The monoisotopic (exact) mass is 170 g/mol. The van der Waals surface area contributed by atoms with Gasteiger partial charge in [0.25, 0.3) is 0 Å². The summed E-state index contributed by atoms with van der Waals surface area (Å²) in [6.45, 7) is 4.53. The largest absolute Gasteiger partial charge is 0.379 e. The van der Waals surface area contributed by atoms with Gasteiger partial charge in [0, 0.05) is 7.11 Å². The third-order valence-electron chi connectivity index (χ3n) is 3.35. The lowest BCUT2D eigenvalue weighted by atomic mass is 9.78. The molecule has 0 bridgehead atoms. The zero-order chi connectivity index (χ0) is 9.03. The predicted octanol–water partition coefficient (Wildman–Crippen LogP) is 3.38. The number of hydrogen-bond acceptors (Lipinski definition) is 1.